The maximum absolute atomic E-state index is 13.2. The minimum absolute atomic E-state index is 0.206. The molecule has 8 heteroatoms. The van der Waals surface area contributed by atoms with Crippen molar-refractivity contribution in [3.63, 3.8) is 0 Å². The van der Waals surface area contributed by atoms with Gasteiger partial charge in [0.05, 0.1) is 19.6 Å². The highest BCUT2D eigenvalue weighted by Gasteiger charge is 2.19. The van der Waals surface area contributed by atoms with Crippen molar-refractivity contribution in [2.45, 2.75) is 6.54 Å². The molecule has 1 aliphatic rings. The third kappa shape index (κ3) is 5.33. The van der Waals surface area contributed by atoms with Gasteiger partial charge in [-0.15, -0.1) is 0 Å². The van der Waals surface area contributed by atoms with Crippen LogP contribution in [-0.4, -0.2) is 50.3 Å². The van der Waals surface area contributed by atoms with E-state index in [0.717, 1.165) is 55.3 Å². The van der Waals surface area contributed by atoms with Gasteiger partial charge in [0.2, 0.25) is 0 Å². The summed E-state index contributed by atoms with van der Waals surface area (Å²) in [6.45, 7) is 4.25. The van der Waals surface area contributed by atoms with Crippen molar-refractivity contribution in [1.29, 1.82) is 0 Å². The average Bonchev–Trinajstić information content (AvgIpc) is 3.36. The molecule has 1 amide bonds. The van der Waals surface area contributed by atoms with Crippen LogP contribution in [0.2, 0.25) is 0 Å². The van der Waals surface area contributed by atoms with Gasteiger partial charge in [-0.25, -0.2) is 9.82 Å². The van der Waals surface area contributed by atoms with Crippen LogP contribution in [0.15, 0.2) is 70.4 Å². The second-order valence-electron chi connectivity index (χ2n) is 7.49. The van der Waals surface area contributed by atoms with Crippen LogP contribution >= 0.6 is 0 Å². The molecule has 1 N–H and O–H groups in total. The molecule has 0 spiro atoms. The van der Waals surface area contributed by atoms with E-state index in [2.05, 4.69) is 20.3 Å². The van der Waals surface area contributed by atoms with E-state index in [0.29, 0.717) is 0 Å². The summed E-state index contributed by atoms with van der Waals surface area (Å²) in [6, 6.07) is 15.7. The summed E-state index contributed by atoms with van der Waals surface area (Å²) in [5, 5.41) is 4.02. The Hall–Kier alpha value is -3.65. The van der Waals surface area contributed by atoms with Crippen LogP contribution in [0.4, 0.5) is 10.1 Å². The molecule has 3 aromatic rings. The Morgan fingerprint density at radius 2 is 1.94 bits per heavy atom. The van der Waals surface area contributed by atoms with Gasteiger partial charge in [-0.2, -0.15) is 5.10 Å². The van der Waals surface area contributed by atoms with Gasteiger partial charge in [0.1, 0.15) is 11.6 Å². The van der Waals surface area contributed by atoms with Crippen LogP contribution < -0.4 is 15.1 Å². The molecule has 32 heavy (non-hydrogen) atoms. The molecular weight excluding hydrogens is 411 g/mol. The van der Waals surface area contributed by atoms with Crippen molar-refractivity contribution in [3.8, 4) is 5.75 Å². The summed E-state index contributed by atoms with van der Waals surface area (Å²) in [7, 11) is 1.66. The second-order valence-corrected chi connectivity index (χ2v) is 7.49. The number of ether oxygens (including phenoxy) is 1. The Morgan fingerprint density at radius 1 is 1.16 bits per heavy atom. The molecule has 0 saturated carbocycles. The van der Waals surface area contributed by atoms with E-state index >= 15 is 0 Å². The van der Waals surface area contributed by atoms with Crippen molar-refractivity contribution in [1.82, 2.24) is 10.3 Å². The molecule has 166 valence electrons. The maximum atomic E-state index is 13.2. The summed E-state index contributed by atoms with van der Waals surface area (Å²) in [4.78, 5) is 16.5. The van der Waals surface area contributed by atoms with Gasteiger partial charge in [0.25, 0.3) is 0 Å². The van der Waals surface area contributed by atoms with Gasteiger partial charge in [-0.05, 0) is 60.2 Å². The summed E-state index contributed by atoms with van der Waals surface area (Å²) in [5.74, 6) is 0.391. The lowest BCUT2D eigenvalue weighted by molar-refractivity contribution is 0.0927. The number of rotatable bonds is 7. The molecule has 0 radical (unpaired) electrons. The number of methoxy groups -OCH3 is 1. The van der Waals surface area contributed by atoms with Crippen LogP contribution in [0, 0.1) is 5.82 Å². The number of nitrogens with zero attached hydrogens (tertiary/aromatic N) is 3. The smallest absolute Gasteiger partial charge is 0.307 e. The highest BCUT2D eigenvalue weighted by atomic mass is 19.1. The quantitative estimate of drug-likeness (QED) is 0.453. The van der Waals surface area contributed by atoms with Gasteiger partial charge in [-0.3, -0.25) is 9.69 Å². The molecule has 7 nitrogen and oxygen atoms in total. The SMILES string of the molecule is COc1ccc(/C=N/NC(=O)c2ccco2)cc1CN1CCN(c2ccc(F)cc2)CC1. The van der Waals surface area contributed by atoms with Crippen molar-refractivity contribution >= 4 is 17.8 Å². The number of furan rings is 1. The molecule has 0 atom stereocenters. The normalized spacial score (nSPS) is 14.6. The highest BCUT2D eigenvalue weighted by molar-refractivity contribution is 5.92. The largest absolute Gasteiger partial charge is 0.496 e. The first-order chi connectivity index (χ1) is 15.6. The molecular formula is C24H25FN4O3. The van der Waals surface area contributed by atoms with Crippen LogP contribution in [0.1, 0.15) is 21.7 Å². The summed E-state index contributed by atoms with van der Waals surface area (Å²) >= 11 is 0. The number of benzene rings is 2. The molecule has 2 aromatic carbocycles. The Balaban J connectivity index is 1.36. The van der Waals surface area contributed by atoms with Crippen LogP contribution in [0.25, 0.3) is 0 Å². The number of hydrazone groups is 1. The third-order valence-electron chi connectivity index (χ3n) is 5.39. The van der Waals surface area contributed by atoms with E-state index in [1.54, 1.807) is 25.5 Å². The molecule has 0 aliphatic carbocycles. The zero-order chi connectivity index (χ0) is 22.3. The standard InChI is InChI=1S/C24H25FN4O3/c1-31-22-9-4-18(16-26-27-24(30)23-3-2-14-32-23)15-19(22)17-28-10-12-29(13-11-28)21-7-5-20(25)6-8-21/h2-9,14-16H,10-13,17H2,1H3,(H,27,30)/b26-16+. The fraction of sp³-hybridized carbons (Fsp3) is 0.250. The topological polar surface area (TPSA) is 70.3 Å². The number of halogens is 1. The van der Waals surface area contributed by atoms with E-state index < -0.39 is 5.91 Å². The predicted molar refractivity (Wildman–Crippen MR) is 121 cm³/mol. The first kappa shape index (κ1) is 21.6. The van der Waals surface area contributed by atoms with Gasteiger partial charge >= 0.3 is 5.91 Å². The maximum Gasteiger partial charge on any atom is 0.307 e. The second kappa shape index (κ2) is 10.1. The Morgan fingerprint density at radius 3 is 2.62 bits per heavy atom. The summed E-state index contributed by atoms with van der Waals surface area (Å²) < 4.78 is 23.8. The molecule has 1 saturated heterocycles. The predicted octanol–water partition coefficient (Wildman–Crippen LogP) is 3.51. The molecule has 2 heterocycles. The number of piperazine rings is 1. The number of hydrogen-bond acceptors (Lipinski definition) is 6. The molecule has 1 fully saturated rings. The monoisotopic (exact) mass is 436 g/mol. The van der Waals surface area contributed by atoms with Gasteiger partial charge < -0.3 is 14.1 Å². The molecule has 0 bridgehead atoms. The lowest BCUT2D eigenvalue weighted by Gasteiger charge is -2.36. The lowest BCUT2D eigenvalue weighted by atomic mass is 10.1. The molecule has 1 aliphatic heterocycles. The van der Waals surface area contributed by atoms with E-state index in [9.17, 15) is 9.18 Å². The first-order valence-corrected chi connectivity index (χ1v) is 10.4. The molecule has 4 rings (SSSR count). The number of amides is 1. The van der Waals surface area contributed by atoms with E-state index in [-0.39, 0.29) is 11.6 Å². The van der Waals surface area contributed by atoms with Crippen LogP contribution in [-0.2, 0) is 6.54 Å². The minimum atomic E-state index is -0.404. The molecule has 1 aromatic heterocycles. The van der Waals surface area contributed by atoms with Crippen LogP contribution in [0.3, 0.4) is 0 Å². The van der Waals surface area contributed by atoms with Gasteiger partial charge in [0, 0.05) is 44.0 Å². The van der Waals surface area contributed by atoms with E-state index in [1.807, 2.05) is 30.3 Å². The van der Waals surface area contributed by atoms with Crippen molar-refractivity contribution < 1.29 is 18.3 Å². The van der Waals surface area contributed by atoms with Crippen molar-refractivity contribution in [3.05, 3.63) is 83.6 Å². The Kier molecular flexibility index (Phi) is 6.81. The Bertz CT molecular complexity index is 1060. The molecule has 0 unspecified atom stereocenters. The minimum Gasteiger partial charge on any atom is -0.496 e. The number of carbonyl (C=O) groups is 1. The van der Waals surface area contributed by atoms with Gasteiger partial charge in [0.15, 0.2) is 5.76 Å². The lowest BCUT2D eigenvalue weighted by Crippen LogP contribution is -2.46. The third-order valence-corrected chi connectivity index (χ3v) is 5.39. The number of hydrogen-bond donors (Lipinski definition) is 1. The summed E-state index contributed by atoms with van der Waals surface area (Å²) in [6.07, 6.45) is 3.03. The van der Waals surface area contributed by atoms with Crippen LogP contribution in [0.5, 0.6) is 5.75 Å². The zero-order valence-electron chi connectivity index (χ0n) is 17.8. The van der Waals surface area contributed by atoms with Gasteiger partial charge in [-0.1, -0.05) is 0 Å². The number of nitrogens with one attached hydrogen (secondary N) is 1. The van der Waals surface area contributed by atoms with Crippen molar-refractivity contribution in [2.75, 3.05) is 38.2 Å². The summed E-state index contributed by atoms with van der Waals surface area (Å²) in [5.41, 5.74) is 5.39. The van der Waals surface area contributed by atoms with E-state index in [1.165, 1.54) is 18.4 Å². The zero-order valence-corrected chi connectivity index (χ0v) is 17.8. The Labute approximate surface area is 186 Å². The van der Waals surface area contributed by atoms with Crippen molar-refractivity contribution in [2.24, 2.45) is 5.10 Å². The number of anilines is 1. The van der Waals surface area contributed by atoms with E-state index in [4.69, 9.17) is 9.15 Å². The first-order valence-electron chi connectivity index (χ1n) is 10.4. The fourth-order valence-corrected chi connectivity index (χ4v) is 3.69. The average molecular weight is 436 g/mol. The highest BCUT2D eigenvalue weighted by Crippen LogP contribution is 2.23. The number of carbonyl (C=O) groups excluding carboxylic acids is 1. The fourth-order valence-electron chi connectivity index (χ4n) is 3.69.